The van der Waals surface area contributed by atoms with E-state index in [0.29, 0.717) is 16.0 Å². The highest BCUT2D eigenvalue weighted by atomic mass is 79.9. The first-order valence-corrected chi connectivity index (χ1v) is 5.01. The number of hydrogen-bond donors (Lipinski definition) is 0. The third kappa shape index (κ3) is 1.43. The lowest BCUT2D eigenvalue weighted by atomic mass is 10.5. The Morgan fingerprint density at radius 2 is 2.15 bits per heavy atom. The second-order valence-corrected chi connectivity index (χ2v) is 4.14. The second kappa shape index (κ2) is 3.12. The van der Waals surface area contributed by atoms with Crippen LogP contribution < -0.4 is 0 Å². The number of aryl methyl sites for hydroxylation is 1. The van der Waals surface area contributed by atoms with E-state index in [2.05, 4.69) is 26.0 Å². The van der Waals surface area contributed by atoms with Crippen LogP contribution in [-0.4, -0.2) is 14.6 Å². The summed E-state index contributed by atoms with van der Waals surface area (Å²) >= 11 is 15.0. The van der Waals surface area contributed by atoms with E-state index >= 15 is 0 Å². The van der Waals surface area contributed by atoms with Crippen LogP contribution in [0.3, 0.4) is 0 Å². The van der Waals surface area contributed by atoms with Gasteiger partial charge in [0.1, 0.15) is 0 Å². The lowest BCUT2D eigenvalue weighted by Crippen LogP contribution is -1.92. The van der Waals surface area contributed by atoms with Crippen molar-refractivity contribution >= 4 is 44.8 Å². The van der Waals surface area contributed by atoms with Crippen molar-refractivity contribution in [3.05, 3.63) is 26.5 Å². The first-order valence-electron chi connectivity index (χ1n) is 3.46. The molecule has 0 amide bonds. The third-order valence-corrected chi connectivity index (χ3v) is 2.82. The van der Waals surface area contributed by atoms with Gasteiger partial charge in [-0.25, -0.2) is 4.98 Å². The van der Waals surface area contributed by atoms with Gasteiger partial charge in [0.15, 0.2) is 16.0 Å². The summed E-state index contributed by atoms with van der Waals surface area (Å²) in [6.07, 6.45) is 0. The maximum absolute atomic E-state index is 5.94. The van der Waals surface area contributed by atoms with Crippen molar-refractivity contribution in [3.63, 3.8) is 0 Å². The van der Waals surface area contributed by atoms with Crippen molar-refractivity contribution in [1.29, 1.82) is 0 Å². The van der Waals surface area contributed by atoms with Crippen molar-refractivity contribution in [2.24, 2.45) is 0 Å². The molecule has 0 spiro atoms. The number of imidazole rings is 1. The number of nitrogens with zero attached hydrogens (tertiary/aromatic N) is 3. The molecular formula is C7H4BrCl2N3. The Labute approximate surface area is 92.8 Å². The summed E-state index contributed by atoms with van der Waals surface area (Å²) in [6, 6.07) is 1.68. The van der Waals surface area contributed by atoms with Crippen LogP contribution in [0.5, 0.6) is 0 Å². The molecule has 0 atom stereocenters. The summed E-state index contributed by atoms with van der Waals surface area (Å²) in [5.74, 6) is 0. The van der Waals surface area contributed by atoms with E-state index in [1.54, 1.807) is 6.07 Å². The van der Waals surface area contributed by atoms with Crippen LogP contribution in [0.1, 0.15) is 5.69 Å². The maximum atomic E-state index is 5.94. The van der Waals surface area contributed by atoms with Crippen molar-refractivity contribution in [2.75, 3.05) is 0 Å². The Bertz CT molecular complexity index is 480. The van der Waals surface area contributed by atoms with E-state index in [1.807, 2.05) is 6.92 Å². The first-order chi connectivity index (χ1) is 6.09. The van der Waals surface area contributed by atoms with Gasteiger partial charge in [0.05, 0.1) is 10.2 Å². The SMILES string of the molecule is Cc1nc2c(Br)cc(Cl)nn2c1Cl. The van der Waals surface area contributed by atoms with E-state index in [9.17, 15) is 0 Å². The molecule has 3 nitrogen and oxygen atoms in total. The first kappa shape index (κ1) is 9.24. The lowest BCUT2D eigenvalue weighted by Gasteiger charge is -1.96. The van der Waals surface area contributed by atoms with Crippen LogP contribution in [0.15, 0.2) is 10.5 Å². The molecule has 0 saturated heterocycles. The predicted molar refractivity (Wildman–Crippen MR) is 55.4 cm³/mol. The zero-order valence-corrected chi connectivity index (χ0v) is 9.65. The average Bonchev–Trinajstić information content (AvgIpc) is 2.32. The maximum Gasteiger partial charge on any atom is 0.169 e. The number of hydrogen-bond acceptors (Lipinski definition) is 2. The summed E-state index contributed by atoms with van der Waals surface area (Å²) in [4.78, 5) is 4.22. The third-order valence-electron chi connectivity index (χ3n) is 1.61. The molecule has 0 aliphatic rings. The van der Waals surface area contributed by atoms with E-state index in [1.165, 1.54) is 4.52 Å². The molecule has 0 unspecified atom stereocenters. The highest BCUT2D eigenvalue weighted by molar-refractivity contribution is 9.10. The number of fused-ring (bicyclic) bond motifs is 1. The van der Waals surface area contributed by atoms with Gasteiger partial charge in [-0.1, -0.05) is 23.2 Å². The van der Waals surface area contributed by atoms with Gasteiger partial charge in [0, 0.05) is 0 Å². The van der Waals surface area contributed by atoms with Gasteiger partial charge < -0.3 is 0 Å². The summed E-state index contributed by atoms with van der Waals surface area (Å²) in [6.45, 7) is 1.82. The summed E-state index contributed by atoms with van der Waals surface area (Å²) in [5.41, 5.74) is 1.41. The minimum atomic E-state index is 0.374. The van der Waals surface area contributed by atoms with Crippen LogP contribution in [0, 0.1) is 6.92 Å². The molecule has 2 aromatic rings. The molecule has 2 heterocycles. The topological polar surface area (TPSA) is 30.2 Å². The zero-order chi connectivity index (χ0) is 9.59. The minimum absolute atomic E-state index is 0.374. The Balaban J connectivity index is 2.94. The van der Waals surface area contributed by atoms with Gasteiger partial charge in [-0.3, -0.25) is 0 Å². The molecule has 0 saturated carbocycles. The fourth-order valence-electron chi connectivity index (χ4n) is 1.04. The van der Waals surface area contributed by atoms with Crippen molar-refractivity contribution < 1.29 is 0 Å². The normalized spacial score (nSPS) is 11.1. The van der Waals surface area contributed by atoms with Gasteiger partial charge >= 0.3 is 0 Å². The molecule has 0 aliphatic carbocycles. The van der Waals surface area contributed by atoms with Gasteiger partial charge in [0.25, 0.3) is 0 Å². The van der Waals surface area contributed by atoms with Gasteiger partial charge in [-0.2, -0.15) is 9.61 Å². The fraction of sp³-hybridized carbons (Fsp3) is 0.143. The molecule has 0 aromatic carbocycles. The molecule has 2 aromatic heterocycles. The van der Waals surface area contributed by atoms with Crippen molar-refractivity contribution in [3.8, 4) is 0 Å². The highest BCUT2D eigenvalue weighted by Gasteiger charge is 2.10. The standard InChI is InChI=1S/C7H4BrCl2N3/c1-3-6(10)13-7(11-3)4(8)2-5(9)12-13/h2H,1H3. The molecule has 68 valence electrons. The van der Waals surface area contributed by atoms with Crippen molar-refractivity contribution in [1.82, 2.24) is 14.6 Å². The Morgan fingerprint density at radius 3 is 2.85 bits per heavy atom. The van der Waals surface area contributed by atoms with Crippen LogP contribution >= 0.6 is 39.1 Å². The quantitative estimate of drug-likeness (QED) is 0.742. The summed E-state index contributed by atoms with van der Waals surface area (Å²) < 4.78 is 2.28. The van der Waals surface area contributed by atoms with Gasteiger partial charge in [-0.05, 0) is 28.9 Å². The lowest BCUT2D eigenvalue weighted by molar-refractivity contribution is 0.931. The molecule has 0 N–H and O–H groups in total. The molecule has 0 bridgehead atoms. The predicted octanol–water partition coefficient (Wildman–Crippen LogP) is 3.11. The summed E-state index contributed by atoms with van der Waals surface area (Å²) in [5, 5.41) is 4.87. The number of aromatic nitrogens is 3. The van der Waals surface area contributed by atoms with E-state index in [4.69, 9.17) is 23.2 Å². The Hall–Kier alpha value is -0.320. The summed E-state index contributed by atoms with van der Waals surface area (Å²) in [7, 11) is 0. The molecule has 0 aliphatic heterocycles. The van der Waals surface area contributed by atoms with E-state index in [0.717, 1.165) is 10.2 Å². The second-order valence-electron chi connectivity index (χ2n) is 2.54. The van der Waals surface area contributed by atoms with Gasteiger partial charge in [0.2, 0.25) is 0 Å². The number of rotatable bonds is 0. The molecule has 2 rings (SSSR count). The van der Waals surface area contributed by atoms with E-state index < -0.39 is 0 Å². The largest absolute Gasteiger partial charge is 0.230 e. The van der Waals surface area contributed by atoms with Crippen LogP contribution in [0.25, 0.3) is 5.65 Å². The Kier molecular flexibility index (Phi) is 2.21. The van der Waals surface area contributed by atoms with Crippen LogP contribution in [-0.2, 0) is 0 Å². The zero-order valence-electron chi connectivity index (χ0n) is 6.55. The Morgan fingerprint density at radius 1 is 1.46 bits per heavy atom. The monoisotopic (exact) mass is 279 g/mol. The van der Waals surface area contributed by atoms with E-state index in [-0.39, 0.29) is 0 Å². The van der Waals surface area contributed by atoms with Crippen LogP contribution in [0.2, 0.25) is 10.3 Å². The smallest absolute Gasteiger partial charge is 0.169 e. The molecule has 13 heavy (non-hydrogen) atoms. The fourth-order valence-corrected chi connectivity index (χ4v) is 1.99. The minimum Gasteiger partial charge on any atom is -0.230 e. The molecular weight excluding hydrogens is 277 g/mol. The highest BCUT2D eigenvalue weighted by Crippen LogP contribution is 2.24. The van der Waals surface area contributed by atoms with Crippen molar-refractivity contribution in [2.45, 2.75) is 6.92 Å². The average molecular weight is 281 g/mol. The molecule has 0 radical (unpaired) electrons. The van der Waals surface area contributed by atoms with Crippen LogP contribution in [0.4, 0.5) is 0 Å². The molecule has 0 fully saturated rings. The molecule has 6 heteroatoms. The number of halogens is 3. The van der Waals surface area contributed by atoms with Gasteiger partial charge in [-0.15, -0.1) is 0 Å².